The predicted octanol–water partition coefficient (Wildman–Crippen LogP) is 4.96. The summed E-state index contributed by atoms with van der Waals surface area (Å²) in [6.07, 6.45) is 8.48. The second-order valence-electron chi connectivity index (χ2n) is 10.0. The molecule has 3 aromatic heterocycles. The number of unbranched alkanes of at least 4 members (excludes halogenated alkanes) is 4. The second kappa shape index (κ2) is 15.5. The van der Waals surface area contributed by atoms with E-state index in [-0.39, 0.29) is 0 Å². The molecule has 0 radical (unpaired) electrons. The summed E-state index contributed by atoms with van der Waals surface area (Å²) < 4.78 is 4.38. The molecule has 0 atom stereocenters. The molecule has 0 spiro atoms. The molecule has 12 heteroatoms. The first-order valence-electron chi connectivity index (χ1n) is 14.0. The van der Waals surface area contributed by atoms with E-state index in [1.165, 1.54) is 0 Å². The molecule has 5 rings (SSSR count). The Hall–Kier alpha value is -3.46. The summed E-state index contributed by atoms with van der Waals surface area (Å²) in [6.45, 7) is 1.77. The Morgan fingerprint density at radius 1 is 0.829 bits per heavy atom. The van der Waals surface area contributed by atoms with Gasteiger partial charge in [0, 0.05) is 35.6 Å². The molecule has 0 fully saturated rings. The van der Waals surface area contributed by atoms with Crippen LogP contribution in [0.4, 0.5) is 0 Å². The van der Waals surface area contributed by atoms with Gasteiger partial charge in [0.15, 0.2) is 5.82 Å². The minimum Gasteiger partial charge on any atom is -0.427 e. The van der Waals surface area contributed by atoms with Crippen molar-refractivity contribution in [1.82, 2.24) is 19.1 Å². The van der Waals surface area contributed by atoms with Crippen molar-refractivity contribution in [2.75, 3.05) is 0 Å². The van der Waals surface area contributed by atoms with Crippen LogP contribution in [0.5, 0.6) is 0 Å². The first-order valence-corrected chi connectivity index (χ1v) is 15.0. The van der Waals surface area contributed by atoms with E-state index in [1.807, 2.05) is 59.6 Å². The van der Waals surface area contributed by atoms with Crippen molar-refractivity contribution < 1.29 is 20.1 Å². The Balaban J connectivity index is 0.000000191. The van der Waals surface area contributed by atoms with E-state index in [4.69, 9.17) is 30.3 Å². The Kier molecular flexibility index (Phi) is 11.5. The van der Waals surface area contributed by atoms with Crippen molar-refractivity contribution in [3.8, 4) is 17.6 Å². The fraction of sp³-hybridized carbons (Fsp3) is 0.345. The van der Waals surface area contributed by atoms with Crippen LogP contribution in [0.15, 0.2) is 65.6 Å². The number of thiazole rings is 1. The lowest BCUT2D eigenvalue weighted by Gasteiger charge is -2.08. The molecule has 9 nitrogen and oxygen atoms in total. The molecular formula is C29H35B2N5O4S. The second-order valence-corrected chi connectivity index (χ2v) is 10.7. The van der Waals surface area contributed by atoms with Crippen molar-refractivity contribution in [3.63, 3.8) is 0 Å². The number of imidazole rings is 1. The van der Waals surface area contributed by atoms with Gasteiger partial charge in [-0.05, 0) is 61.9 Å². The highest BCUT2D eigenvalue weighted by molar-refractivity contribution is 7.07. The topological polar surface area (TPSA) is 140 Å². The zero-order valence-electron chi connectivity index (χ0n) is 23.0. The molecule has 0 saturated heterocycles. The number of rotatable bonds is 13. The summed E-state index contributed by atoms with van der Waals surface area (Å²) in [7, 11) is -2.38. The number of fused-ring (bicyclic) bond motifs is 2. The third kappa shape index (κ3) is 8.76. The van der Waals surface area contributed by atoms with Crippen molar-refractivity contribution >= 4 is 47.5 Å². The van der Waals surface area contributed by atoms with Gasteiger partial charge in [-0.2, -0.15) is 5.26 Å². The van der Waals surface area contributed by atoms with Gasteiger partial charge in [0.1, 0.15) is 5.69 Å². The molecule has 0 amide bonds. The Morgan fingerprint density at radius 3 is 2.24 bits per heavy atom. The van der Waals surface area contributed by atoms with Crippen LogP contribution in [-0.2, 0) is 13.1 Å². The third-order valence-corrected chi connectivity index (χ3v) is 7.51. The number of aromatic nitrogens is 4. The Labute approximate surface area is 244 Å². The zero-order valence-corrected chi connectivity index (χ0v) is 23.8. The Bertz CT molecular complexity index is 1550. The minimum atomic E-state index is -1.19. The van der Waals surface area contributed by atoms with Crippen molar-refractivity contribution in [2.24, 2.45) is 0 Å². The number of nitrogens with zero attached hydrogens (tertiary/aromatic N) is 5. The molecule has 0 unspecified atom stereocenters. The molecule has 0 bridgehead atoms. The maximum Gasteiger partial charge on any atom is 0.451 e. The smallest absolute Gasteiger partial charge is 0.427 e. The van der Waals surface area contributed by atoms with E-state index in [2.05, 4.69) is 26.3 Å². The van der Waals surface area contributed by atoms with Gasteiger partial charge in [0.05, 0.1) is 28.2 Å². The molecular weight excluding hydrogens is 536 g/mol. The van der Waals surface area contributed by atoms with Crippen LogP contribution in [0.3, 0.4) is 0 Å². The maximum atomic E-state index is 8.88. The average molecular weight is 571 g/mol. The number of hydrogen-bond donors (Lipinski definition) is 4. The lowest BCUT2D eigenvalue weighted by Crippen LogP contribution is -2.09. The zero-order chi connectivity index (χ0) is 29.0. The predicted molar refractivity (Wildman–Crippen MR) is 165 cm³/mol. The van der Waals surface area contributed by atoms with Crippen LogP contribution < -0.4 is 0 Å². The standard InChI is InChI=1S/C15H18BN3O2S.C14H17BN2O2/c20-16(21)8-4-1-5-9-19-14-7-3-2-6-12(14)18-15(19)13-10-22-11-17-13;16-11-12-4-5-14-13(10-12)6-9-17(14)8-3-1-2-7-15(18)19/h2-3,6-7,10-11,20-21H,1,4-5,8-9H2;4-6,9-10,18-19H,1-3,7-8H2. The molecule has 2 aromatic carbocycles. The van der Waals surface area contributed by atoms with Gasteiger partial charge in [0.25, 0.3) is 0 Å². The molecule has 0 aliphatic carbocycles. The van der Waals surface area contributed by atoms with E-state index in [0.29, 0.717) is 18.2 Å². The van der Waals surface area contributed by atoms with E-state index < -0.39 is 14.2 Å². The molecule has 5 aromatic rings. The van der Waals surface area contributed by atoms with E-state index >= 15 is 0 Å². The third-order valence-electron chi connectivity index (χ3n) is 6.92. The quantitative estimate of drug-likeness (QED) is 0.116. The molecule has 41 heavy (non-hydrogen) atoms. The highest BCUT2D eigenvalue weighted by atomic mass is 32.1. The fourth-order valence-corrected chi connectivity index (χ4v) is 5.37. The van der Waals surface area contributed by atoms with Crippen LogP contribution in [0.1, 0.15) is 44.1 Å². The van der Waals surface area contributed by atoms with E-state index in [1.54, 1.807) is 11.3 Å². The van der Waals surface area contributed by atoms with Gasteiger partial charge in [-0.15, -0.1) is 11.3 Å². The molecule has 0 aliphatic heterocycles. The number of benzene rings is 2. The van der Waals surface area contributed by atoms with Crippen molar-refractivity contribution in [1.29, 1.82) is 5.26 Å². The van der Waals surface area contributed by atoms with E-state index in [9.17, 15) is 0 Å². The lowest BCUT2D eigenvalue weighted by atomic mass is 9.83. The fourth-order valence-electron chi connectivity index (χ4n) is 4.84. The van der Waals surface area contributed by atoms with Crippen molar-refractivity contribution in [3.05, 3.63) is 71.2 Å². The molecule has 0 aliphatic rings. The molecule has 212 valence electrons. The summed E-state index contributed by atoms with van der Waals surface area (Å²) in [6, 6.07) is 18.0. The van der Waals surface area contributed by atoms with Crippen LogP contribution in [0.2, 0.25) is 12.6 Å². The van der Waals surface area contributed by atoms with Crippen LogP contribution >= 0.6 is 11.3 Å². The highest BCUT2D eigenvalue weighted by Crippen LogP contribution is 2.25. The summed E-state index contributed by atoms with van der Waals surface area (Å²) >= 11 is 1.57. The monoisotopic (exact) mass is 571 g/mol. The van der Waals surface area contributed by atoms with Gasteiger partial charge in [-0.25, -0.2) is 9.97 Å². The van der Waals surface area contributed by atoms with Crippen LogP contribution in [0, 0.1) is 11.3 Å². The first-order chi connectivity index (χ1) is 20.0. The molecule has 0 saturated carbocycles. The van der Waals surface area contributed by atoms with Crippen molar-refractivity contribution in [2.45, 2.75) is 64.3 Å². The van der Waals surface area contributed by atoms with Crippen LogP contribution in [-0.4, -0.2) is 53.4 Å². The minimum absolute atomic E-state index is 0.434. The maximum absolute atomic E-state index is 8.88. The largest absolute Gasteiger partial charge is 0.451 e. The summed E-state index contributed by atoms with van der Waals surface area (Å²) in [5.41, 5.74) is 6.65. The number of para-hydroxylation sites is 2. The summed E-state index contributed by atoms with van der Waals surface area (Å²) in [4.78, 5) is 9.09. The first kappa shape index (κ1) is 30.5. The normalized spacial score (nSPS) is 10.9. The average Bonchev–Trinajstić information content (AvgIpc) is 3.72. The summed E-state index contributed by atoms with van der Waals surface area (Å²) in [5.74, 6) is 0.907. The number of hydrogen-bond acceptors (Lipinski definition) is 8. The van der Waals surface area contributed by atoms with Gasteiger partial charge >= 0.3 is 14.2 Å². The molecule has 4 N–H and O–H groups in total. The van der Waals surface area contributed by atoms with Crippen LogP contribution in [0.25, 0.3) is 33.5 Å². The number of nitriles is 1. The SMILES string of the molecule is N#Cc1ccc2c(ccn2CCCCCB(O)O)c1.OB(O)CCCCCn1c(-c2cscn2)nc2ccccc21. The lowest BCUT2D eigenvalue weighted by molar-refractivity contribution is 0.400. The van der Waals surface area contributed by atoms with Gasteiger partial charge in [0.2, 0.25) is 0 Å². The van der Waals surface area contributed by atoms with Gasteiger partial charge in [-0.1, -0.05) is 37.8 Å². The van der Waals surface area contributed by atoms with Gasteiger partial charge < -0.3 is 29.2 Å². The number of aryl methyl sites for hydroxylation is 2. The summed E-state index contributed by atoms with van der Waals surface area (Å²) in [5, 5.41) is 47.2. The van der Waals surface area contributed by atoms with Gasteiger partial charge in [-0.3, -0.25) is 0 Å². The highest BCUT2D eigenvalue weighted by Gasteiger charge is 2.14. The molecule has 3 heterocycles. The van der Waals surface area contributed by atoms with E-state index in [0.717, 1.165) is 85.1 Å². The Morgan fingerprint density at radius 2 is 1.56 bits per heavy atom.